The van der Waals surface area contributed by atoms with Gasteiger partial charge in [-0.3, -0.25) is 9.59 Å². The Balaban J connectivity index is 3.33. The number of rotatable bonds is 74. The van der Waals surface area contributed by atoms with Crippen molar-refractivity contribution in [1.82, 2.24) is 5.32 Å². The summed E-state index contributed by atoms with van der Waals surface area (Å²) in [6, 6.07) is -0.625. The molecule has 0 aromatic carbocycles. The lowest BCUT2D eigenvalue weighted by atomic mass is 10.0. The number of ether oxygens (including phenoxy) is 1. The maximum Gasteiger partial charge on any atom is 0.305 e. The summed E-state index contributed by atoms with van der Waals surface area (Å²) in [4.78, 5) is 24.6. The van der Waals surface area contributed by atoms with E-state index >= 15 is 0 Å². The second-order valence-corrected chi connectivity index (χ2v) is 27.0. The number of amides is 1. The highest BCUT2D eigenvalue weighted by atomic mass is 16.5. The van der Waals surface area contributed by atoms with Crippen LogP contribution in [0.25, 0.3) is 0 Å². The molecule has 0 aliphatic heterocycles. The van der Waals surface area contributed by atoms with Gasteiger partial charge in [-0.15, -0.1) is 0 Å². The standard InChI is InChI=1S/C80H153NO5/c1-3-5-7-9-11-13-15-17-19-21-37-42-46-50-54-58-62-66-70-74-80(85)86-75-71-67-63-59-55-51-47-43-39-36-34-32-30-28-26-24-23-25-27-29-31-33-35-38-41-45-49-53-57-61-65-69-73-79(84)81-77(76-82)78(83)72-68-64-60-56-52-48-44-40-22-20-18-16-14-12-10-8-6-4-2/h11,13,17,19,68,72,77-78,82-83H,3-10,12,14-16,18,20-67,69-71,73-76H2,1-2H3,(H,81,84)/b13-11-,19-17-,72-68+. The molecule has 6 heteroatoms. The number of carbonyl (C=O) groups is 2. The third kappa shape index (κ3) is 71.2. The fourth-order valence-electron chi connectivity index (χ4n) is 12.4. The lowest BCUT2D eigenvalue weighted by Crippen LogP contribution is -2.45. The maximum absolute atomic E-state index is 12.5. The fourth-order valence-corrected chi connectivity index (χ4v) is 12.4. The van der Waals surface area contributed by atoms with Crippen molar-refractivity contribution in [3.05, 3.63) is 36.5 Å². The molecule has 2 unspecified atom stereocenters. The van der Waals surface area contributed by atoms with Gasteiger partial charge in [-0.05, 0) is 64.2 Å². The Morgan fingerprint density at radius 2 is 0.581 bits per heavy atom. The lowest BCUT2D eigenvalue weighted by Gasteiger charge is -2.20. The smallest absolute Gasteiger partial charge is 0.305 e. The molecular formula is C80H153NO5. The lowest BCUT2D eigenvalue weighted by molar-refractivity contribution is -0.143. The number of unbranched alkanes of at least 4 members (excludes halogenated alkanes) is 59. The number of aliphatic hydroxyl groups excluding tert-OH is 2. The van der Waals surface area contributed by atoms with Crippen LogP contribution in [0.3, 0.4) is 0 Å². The van der Waals surface area contributed by atoms with Gasteiger partial charge in [0.2, 0.25) is 5.91 Å². The van der Waals surface area contributed by atoms with Crippen molar-refractivity contribution in [2.75, 3.05) is 13.2 Å². The monoisotopic (exact) mass is 1210 g/mol. The molecule has 0 bridgehead atoms. The van der Waals surface area contributed by atoms with Gasteiger partial charge >= 0.3 is 5.97 Å². The van der Waals surface area contributed by atoms with Crippen molar-refractivity contribution < 1.29 is 24.5 Å². The summed E-state index contributed by atoms with van der Waals surface area (Å²) in [5, 5.41) is 23.2. The SMILES string of the molecule is CCCCC/C=C\C/C=C\CCCCCCCCCCCC(=O)OCCCCCCCCCCCCCCCCCCCCCCCCCCCCCCCCCCC(=O)NC(CO)C(O)/C=C/CCCCCCCCCCCCCCCCCC. The Kier molecular flexibility index (Phi) is 73.9. The largest absolute Gasteiger partial charge is 0.466 e. The number of carbonyl (C=O) groups excluding carboxylic acids is 2. The molecule has 0 aliphatic carbocycles. The molecule has 6 nitrogen and oxygen atoms in total. The van der Waals surface area contributed by atoms with Gasteiger partial charge in [0.25, 0.3) is 0 Å². The van der Waals surface area contributed by atoms with E-state index in [0.29, 0.717) is 19.4 Å². The Bertz CT molecular complexity index is 1390. The molecule has 2 atom stereocenters. The molecule has 0 radical (unpaired) electrons. The minimum atomic E-state index is -0.842. The van der Waals surface area contributed by atoms with Crippen molar-refractivity contribution in [3.63, 3.8) is 0 Å². The van der Waals surface area contributed by atoms with Gasteiger partial charge in [0.05, 0.1) is 25.4 Å². The number of allylic oxidation sites excluding steroid dienone is 5. The highest BCUT2D eigenvalue weighted by Crippen LogP contribution is 2.20. The molecule has 508 valence electrons. The second kappa shape index (κ2) is 75.5. The number of hydrogen-bond acceptors (Lipinski definition) is 5. The van der Waals surface area contributed by atoms with Gasteiger partial charge in [0.1, 0.15) is 0 Å². The van der Waals surface area contributed by atoms with Crippen LogP contribution in [-0.2, 0) is 14.3 Å². The molecule has 0 rings (SSSR count). The van der Waals surface area contributed by atoms with E-state index in [2.05, 4.69) is 43.5 Å². The number of nitrogens with one attached hydrogen (secondary N) is 1. The molecule has 0 saturated heterocycles. The third-order valence-corrected chi connectivity index (χ3v) is 18.4. The fraction of sp³-hybridized carbons (Fsp3) is 0.900. The van der Waals surface area contributed by atoms with E-state index in [0.717, 1.165) is 51.4 Å². The third-order valence-electron chi connectivity index (χ3n) is 18.4. The predicted octanol–water partition coefficient (Wildman–Crippen LogP) is 25.8. The van der Waals surface area contributed by atoms with E-state index in [1.165, 1.54) is 360 Å². The molecule has 0 spiro atoms. The summed E-state index contributed by atoms with van der Waals surface area (Å²) in [5.41, 5.74) is 0. The van der Waals surface area contributed by atoms with Crippen LogP contribution in [0.1, 0.15) is 438 Å². The van der Waals surface area contributed by atoms with Crippen molar-refractivity contribution in [3.8, 4) is 0 Å². The molecule has 0 fully saturated rings. The number of aliphatic hydroxyl groups is 2. The first-order valence-corrected chi connectivity index (χ1v) is 39.3. The van der Waals surface area contributed by atoms with Crippen LogP contribution in [0.15, 0.2) is 36.5 Å². The topological polar surface area (TPSA) is 95.9 Å². The molecule has 0 aliphatic rings. The van der Waals surface area contributed by atoms with E-state index in [1.807, 2.05) is 6.08 Å². The van der Waals surface area contributed by atoms with Crippen molar-refractivity contribution in [1.29, 1.82) is 0 Å². The van der Waals surface area contributed by atoms with Gasteiger partial charge in [-0.2, -0.15) is 0 Å². The summed E-state index contributed by atoms with van der Waals surface area (Å²) in [5.74, 6) is -0.0418. The van der Waals surface area contributed by atoms with Crippen LogP contribution >= 0.6 is 0 Å². The summed E-state index contributed by atoms with van der Waals surface area (Å²) in [7, 11) is 0. The van der Waals surface area contributed by atoms with Crippen molar-refractivity contribution in [2.24, 2.45) is 0 Å². The van der Waals surface area contributed by atoms with Gasteiger partial charge in [-0.1, -0.05) is 397 Å². The average molecular weight is 1210 g/mol. The Labute approximate surface area is 538 Å². The van der Waals surface area contributed by atoms with Crippen molar-refractivity contribution >= 4 is 11.9 Å². The van der Waals surface area contributed by atoms with Crippen LogP contribution in [0.2, 0.25) is 0 Å². The molecule has 0 saturated carbocycles. The first-order chi connectivity index (χ1) is 42.5. The molecule has 0 aromatic rings. The molecule has 86 heavy (non-hydrogen) atoms. The molecule has 0 aromatic heterocycles. The molecular weight excluding hydrogens is 1050 g/mol. The van der Waals surface area contributed by atoms with Crippen LogP contribution in [0.4, 0.5) is 0 Å². The minimum Gasteiger partial charge on any atom is -0.466 e. The Morgan fingerprint density at radius 3 is 0.907 bits per heavy atom. The molecule has 3 N–H and O–H groups in total. The van der Waals surface area contributed by atoms with Crippen molar-refractivity contribution in [2.45, 2.75) is 450 Å². The van der Waals surface area contributed by atoms with E-state index in [9.17, 15) is 19.8 Å². The summed E-state index contributed by atoms with van der Waals surface area (Å²) >= 11 is 0. The van der Waals surface area contributed by atoms with Gasteiger partial charge in [0, 0.05) is 12.8 Å². The van der Waals surface area contributed by atoms with Crippen LogP contribution < -0.4 is 5.32 Å². The predicted molar refractivity (Wildman–Crippen MR) is 379 cm³/mol. The van der Waals surface area contributed by atoms with Gasteiger partial charge in [-0.25, -0.2) is 0 Å². The Hall–Kier alpha value is -1.92. The molecule has 0 heterocycles. The first kappa shape index (κ1) is 84.1. The summed E-state index contributed by atoms with van der Waals surface area (Å²) in [6.45, 7) is 4.92. The Morgan fingerprint density at radius 1 is 0.326 bits per heavy atom. The summed E-state index contributed by atoms with van der Waals surface area (Å²) < 4.78 is 5.52. The average Bonchev–Trinajstić information content (AvgIpc) is 3.54. The van der Waals surface area contributed by atoms with E-state index in [1.54, 1.807) is 6.08 Å². The second-order valence-electron chi connectivity index (χ2n) is 27.0. The maximum atomic E-state index is 12.5. The first-order valence-electron chi connectivity index (χ1n) is 39.3. The zero-order valence-corrected chi connectivity index (χ0v) is 58.3. The minimum absolute atomic E-state index is 0.0179. The quantitative estimate of drug-likeness (QED) is 0.0320. The van der Waals surface area contributed by atoms with Gasteiger partial charge in [0.15, 0.2) is 0 Å². The number of hydrogen-bond donors (Lipinski definition) is 3. The highest BCUT2D eigenvalue weighted by Gasteiger charge is 2.18. The molecule has 1 amide bonds. The van der Waals surface area contributed by atoms with Gasteiger partial charge < -0.3 is 20.3 Å². The number of esters is 1. The highest BCUT2D eigenvalue weighted by molar-refractivity contribution is 5.76. The van der Waals surface area contributed by atoms with Crippen LogP contribution in [-0.4, -0.2) is 47.4 Å². The zero-order chi connectivity index (χ0) is 62.0. The van der Waals surface area contributed by atoms with Crippen LogP contribution in [0, 0.1) is 0 Å². The van der Waals surface area contributed by atoms with E-state index in [4.69, 9.17) is 4.74 Å². The van der Waals surface area contributed by atoms with E-state index < -0.39 is 12.1 Å². The van der Waals surface area contributed by atoms with Crippen LogP contribution in [0.5, 0.6) is 0 Å². The normalized spacial score (nSPS) is 12.7. The zero-order valence-electron chi connectivity index (χ0n) is 58.3. The summed E-state index contributed by atoms with van der Waals surface area (Å²) in [6.07, 6.45) is 98.3. The van der Waals surface area contributed by atoms with E-state index in [-0.39, 0.29) is 18.5 Å².